The van der Waals surface area contributed by atoms with Crippen molar-refractivity contribution in [1.82, 2.24) is 5.32 Å². The zero-order valence-electron chi connectivity index (χ0n) is 25.0. The van der Waals surface area contributed by atoms with Crippen molar-refractivity contribution in [3.8, 4) is 5.75 Å². The smallest absolute Gasteiger partial charge is 0.335 e. The molecule has 0 radical (unpaired) electrons. The second kappa shape index (κ2) is 16.8. The summed E-state index contributed by atoms with van der Waals surface area (Å²) >= 11 is 0. The van der Waals surface area contributed by atoms with E-state index in [0.717, 1.165) is 10.9 Å². The van der Waals surface area contributed by atoms with Crippen molar-refractivity contribution in [2.45, 2.75) is 52.6 Å². The second-order valence-electron chi connectivity index (χ2n) is 9.58. The summed E-state index contributed by atoms with van der Waals surface area (Å²) < 4.78 is 34.2. The van der Waals surface area contributed by atoms with Gasteiger partial charge in [-0.3, -0.25) is 23.5 Å². The number of esters is 1. The molecule has 0 aliphatic rings. The number of hydrogen-bond donors (Lipinski definition) is 1. The van der Waals surface area contributed by atoms with Gasteiger partial charge in [-0.2, -0.15) is 0 Å². The maximum atomic E-state index is 13.3. The van der Waals surface area contributed by atoms with Gasteiger partial charge in [-0.1, -0.05) is 55.5 Å². The van der Waals surface area contributed by atoms with Gasteiger partial charge in [0.25, 0.3) is 0 Å². The van der Waals surface area contributed by atoms with Gasteiger partial charge in [-0.05, 0) is 43.2 Å². The lowest BCUT2D eigenvalue weighted by atomic mass is 9.92. The minimum atomic E-state index is -3.78. The van der Waals surface area contributed by atoms with Crippen molar-refractivity contribution in [2.24, 2.45) is 0 Å². The van der Waals surface area contributed by atoms with E-state index < -0.39 is 25.6 Å². The number of rotatable bonds is 17. The number of ether oxygens (including phenoxy) is 2. The molecule has 0 heterocycles. The second-order valence-corrected chi connectivity index (χ2v) is 11.7. The first kappa shape index (κ1) is 34.6. The Labute approximate surface area is 247 Å². The van der Waals surface area contributed by atoms with Gasteiger partial charge in [-0.15, -0.1) is 0 Å². The zero-order chi connectivity index (χ0) is 31.3. The van der Waals surface area contributed by atoms with E-state index in [1.54, 1.807) is 30.4 Å². The summed E-state index contributed by atoms with van der Waals surface area (Å²) in [6.07, 6.45) is 5.40. The summed E-state index contributed by atoms with van der Waals surface area (Å²) in [6, 6.07) is 9.01. The number of amides is 1. The number of carbonyl (C=O) groups excluding carboxylic acids is 4. The predicted octanol–water partition coefficient (Wildman–Crippen LogP) is 5.54. The maximum absolute atomic E-state index is 13.3. The van der Waals surface area contributed by atoms with Gasteiger partial charge >= 0.3 is 13.6 Å². The van der Waals surface area contributed by atoms with Crippen LogP contribution in [-0.4, -0.2) is 63.1 Å². The van der Waals surface area contributed by atoms with Gasteiger partial charge in [0.15, 0.2) is 11.9 Å². The topological polar surface area (TPSA) is 134 Å². The monoisotopic (exact) mass is 601 g/mol. The number of allylic oxidation sites excluding steroid dienone is 3. The first-order chi connectivity index (χ1) is 20.0. The van der Waals surface area contributed by atoms with E-state index in [1.807, 2.05) is 38.1 Å². The number of Topliss-reactive ketones (excluding diaryl/α,β-unsaturated/α-hetero) is 2. The van der Waals surface area contributed by atoms with Crippen LogP contribution < -0.4 is 10.1 Å². The van der Waals surface area contributed by atoms with Crippen molar-refractivity contribution >= 4 is 41.8 Å². The normalized spacial score (nSPS) is 14.4. The summed E-state index contributed by atoms with van der Waals surface area (Å²) in [7, 11) is -1.13. The fourth-order valence-corrected chi connectivity index (χ4v) is 5.62. The number of carbonyl (C=O) groups is 4. The van der Waals surface area contributed by atoms with Crippen LogP contribution in [0, 0.1) is 0 Å². The third kappa shape index (κ3) is 10.0. The molecule has 10 nitrogen and oxygen atoms in total. The van der Waals surface area contributed by atoms with Crippen molar-refractivity contribution in [3.05, 3.63) is 65.8 Å². The van der Waals surface area contributed by atoms with Crippen molar-refractivity contribution in [3.63, 3.8) is 0 Å². The summed E-state index contributed by atoms with van der Waals surface area (Å²) in [6.45, 7) is 6.52. The Bertz CT molecular complexity index is 1380. The van der Waals surface area contributed by atoms with Crippen LogP contribution in [0.3, 0.4) is 0 Å². The molecule has 1 N–H and O–H groups in total. The molecule has 1 unspecified atom stereocenters. The number of benzene rings is 2. The first-order valence-electron chi connectivity index (χ1n) is 13.6. The first-order valence-corrected chi connectivity index (χ1v) is 15.4. The Morgan fingerprint density at radius 3 is 2.40 bits per heavy atom. The Kier molecular flexibility index (Phi) is 13.8. The average molecular weight is 602 g/mol. The average Bonchev–Trinajstić information content (AvgIpc) is 2.97. The van der Waals surface area contributed by atoms with Gasteiger partial charge in [0, 0.05) is 25.3 Å². The Balaban J connectivity index is 2.06. The van der Waals surface area contributed by atoms with E-state index in [9.17, 15) is 23.7 Å². The molecule has 2 rings (SSSR count). The molecule has 11 heteroatoms. The number of ketones is 2. The fraction of sp³-hybridized carbons (Fsp3) is 0.419. The minimum Gasteiger partial charge on any atom is -0.496 e. The molecule has 3 atom stereocenters. The number of methoxy groups -OCH3 is 2. The standard InChI is InChI=1S/C31H40NO9P/c1-7-8-9-10-18-40-42(37,41-23(4)31(36)39-6)19-17-32-29(35)16-14-27(34)30-26-13-11-24(21(2)22(3)33)20-25(26)12-15-28(30)38-5/h7-13,15,20-21,23H,14,16-19H2,1-6H3,(H,32,35)/b8-7-,10-9-/t21-,23+,42?/m0/s1. The molecule has 0 aliphatic heterocycles. The Morgan fingerprint density at radius 2 is 1.76 bits per heavy atom. The number of hydrogen-bond acceptors (Lipinski definition) is 9. The summed E-state index contributed by atoms with van der Waals surface area (Å²) in [5.41, 5.74) is 1.21. The van der Waals surface area contributed by atoms with Crippen LogP contribution >= 0.6 is 7.60 Å². The lowest BCUT2D eigenvalue weighted by Crippen LogP contribution is -2.28. The molecule has 1 amide bonds. The largest absolute Gasteiger partial charge is 0.496 e. The van der Waals surface area contributed by atoms with E-state index in [-0.39, 0.29) is 49.6 Å². The van der Waals surface area contributed by atoms with Crippen LogP contribution in [0.5, 0.6) is 5.75 Å². The molecule has 2 aromatic rings. The van der Waals surface area contributed by atoms with Gasteiger partial charge in [0.2, 0.25) is 5.91 Å². The van der Waals surface area contributed by atoms with Crippen LogP contribution in [0.1, 0.15) is 62.4 Å². The Morgan fingerprint density at radius 1 is 1.02 bits per heavy atom. The van der Waals surface area contributed by atoms with E-state index in [1.165, 1.54) is 28.1 Å². The van der Waals surface area contributed by atoms with Gasteiger partial charge in [0.1, 0.15) is 11.5 Å². The van der Waals surface area contributed by atoms with Crippen LogP contribution in [0.15, 0.2) is 54.6 Å². The molecule has 0 saturated carbocycles. The lowest BCUT2D eigenvalue weighted by molar-refractivity contribution is -0.148. The highest BCUT2D eigenvalue weighted by atomic mass is 31.2. The maximum Gasteiger partial charge on any atom is 0.335 e. The summed E-state index contributed by atoms with van der Waals surface area (Å²) in [5, 5.41) is 4.09. The van der Waals surface area contributed by atoms with Gasteiger partial charge in [-0.25, -0.2) is 4.79 Å². The number of nitrogens with one attached hydrogen (secondary N) is 1. The van der Waals surface area contributed by atoms with Crippen molar-refractivity contribution in [1.29, 1.82) is 0 Å². The highest BCUT2D eigenvalue weighted by molar-refractivity contribution is 7.53. The molecular weight excluding hydrogens is 561 g/mol. The van der Waals surface area contributed by atoms with Crippen LogP contribution in [-0.2, 0) is 32.7 Å². The zero-order valence-corrected chi connectivity index (χ0v) is 25.9. The summed E-state index contributed by atoms with van der Waals surface area (Å²) in [5.74, 6) is -1.27. The Hall–Kier alpha value is -3.59. The predicted molar refractivity (Wildman–Crippen MR) is 161 cm³/mol. The van der Waals surface area contributed by atoms with E-state index in [2.05, 4.69) is 10.1 Å². The molecule has 2 aromatic carbocycles. The van der Waals surface area contributed by atoms with E-state index >= 15 is 0 Å². The molecule has 42 heavy (non-hydrogen) atoms. The quantitative estimate of drug-likeness (QED) is 0.107. The molecule has 0 bridgehead atoms. The van der Waals surface area contributed by atoms with Crippen LogP contribution in [0.2, 0.25) is 0 Å². The molecule has 0 fully saturated rings. The minimum absolute atomic E-state index is 0.0278. The van der Waals surface area contributed by atoms with Crippen molar-refractivity contribution in [2.75, 3.05) is 33.5 Å². The third-order valence-corrected chi connectivity index (χ3v) is 8.51. The fourth-order valence-electron chi connectivity index (χ4n) is 4.06. The van der Waals surface area contributed by atoms with Crippen molar-refractivity contribution < 1.29 is 42.3 Å². The highest BCUT2D eigenvalue weighted by Crippen LogP contribution is 2.49. The highest BCUT2D eigenvalue weighted by Gasteiger charge is 2.30. The molecular formula is C31H40NO9P. The van der Waals surface area contributed by atoms with E-state index in [0.29, 0.717) is 16.7 Å². The van der Waals surface area contributed by atoms with E-state index in [4.69, 9.17) is 13.8 Å². The molecule has 228 valence electrons. The van der Waals surface area contributed by atoms with Gasteiger partial charge in [0.05, 0.1) is 32.6 Å². The van der Waals surface area contributed by atoms with Crippen LogP contribution in [0.4, 0.5) is 0 Å². The number of fused-ring (bicyclic) bond motifs is 1. The summed E-state index contributed by atoms with van der Waals surface area (Å²) in [4.78, 5) is 49.5. The molecule has 0 aromatic heterocycles. The van der Waals surface area contributed by atoms with Gasteiger partial charge < -0.3 is 19.3 Å². The van der Waals surface area contributed by atoms with Crippen LogP contribution in [0.25, 0.3) is 10.8 Å². The molecule has 0 saturated heterocycles. The third-order valence-electron chi connectivity index (χ3n) is 6.56. The SMILES string of the molecule is C/C=C\C=C/COP(=O)(CCNC(=O)CCC(=O)c1c(OC)ccc2cc([C@@H](C)C(C)=O)ccc12)O[C@H](C)C(=O)OC. The molecule has 0 aliphatic carbocycles. The molecule has 0 spiro atoms. The lowest BCUT2D eigenvalue weighted by Gasteiger charge is -2.21.